The Kier molecular flexibility index (Phi) is 3.80. The quantitative estimate of drug-likeness (QED) is 0.580. The molecule has 2 heterocycles. The first-order chi connectivity index (χ1) is 7.35. The average Bonchev–Trinajstić information content (AvgIpc) is 2.97. The van der Waals surface area contributed by atoms with Crippen molar-refractivity contribution in [2.75, 3.05) is 19.0 Å². The molecule has 0 aromatic rings. The van der Waals surface area contributed by atoms with Gasteiger partial charge in [-0.15, -0.1) is 0 Å². The summed E-state index contributed by atoms with van der Waals surface area (Å²) in [5.74, 6) is 0.852. The molecule has 2 aliphatic heterocycles. The number of rotatable bonds is 3. The third-order valence-corrected chi connectivity index (χ3v) is 2.81. The van der Waals surface area contributed by atoms with Gasteiger partial charge in [0.15, 0.2) is 6.29 Å². The van der Waals surface area contributed by atoms with E-state index in [-0.39, 0.29) is 18.5 Å². The maximum Gasteiger partial charge on any atom is 0.187 e. The molecular weight excluding hydrogens is 264 g/mol. The summed E-state index contributed by atoms with van der Waals surface area (Å²) < 4.78 is 21.3. The van der Waals surface area contributed by atoms with E-state index in [0.717, 1.165) is 5.76 Å². The van der Waals surface area contributed by atoms with Gasteiger partial charge in [0.1, 0.15) is 18.0 Å². The Morgan fingerprint density at radius 3 is 3.13 bits per heavy atom. The molecule has 0 N–H and O–H groups in total. The maximum atomic E-state index is 5.60. The molecule has 3 atom stereocenters. The molecule has 0 amide bonds. The zero-order valence-electron chi connectivity index (χ0n) is 8.39. The first kappa shape index (κ1) is 11.1. The minimum atomic E-state index is -0.140. The molecule has 0 radical (unpaired) electrons. The van der Waals surface area contributed by atoms with Gasteiger partial charge in [-0.3, -0.25) is 0 Å². The van der Waals surface area contributed by atoms with Crippen molar-refractivity contribution in [2.24, 2.45) is 0 Å². The van der Waals surface area contributed by atoms with Crippen LogP contribution >= 0.6 is 15.9 Å². The van der Waals surface area contributed by atoms with Crippen LogP contribution in [0.3, 0.4) is 0 Å². The van der Waals surface area contributed by atoms with Crippen LogP contribution < -0.4 is 0 Å². The largest absolute Gasteiger partial charge is 0.469 e. The van der Waals surface area contributed by atoms with Gasteiger partial charge in [0.25, 0.3) is 0 Å². The maximum absolute atomic E-state index is 5.60. The first-order valence-corrected chi connectivity index (χ1v) is 5.85. The molecule has 0 spiro atoms. The lowest BCUT2D eigenvalue weighted by molar-refractivity contribution is 0.0788. The number of methoxy groups -OCH3 is 1. The first-order valence-electron chi connectivity index (χ1n) is 4.73. The zero-order valence-corrected chi connectivity index (χ0v) is 9.98. The number of hydrogen-bond acceptors (Lipinski definition) is 4. The molecule has 0 aromatic carbocycles. The molecule has 1 saturated heterocycles. The SMILES string of the molecule is COC1OC1C1C=COC(CBr)=CCO1. The summed E-state index contributed by atoms with van der Waals surface area (Å²) in [6.45, 7) is 0.520. The fraction of sp³-hybridized carbons (Fsp3) is 0.600. The van der Waals surface area contributed by atoms with Crippen LogP contribution in [0, 0.1) is 0 Å². The molecule has 0 bridgehead atoms. The van der Waals surface area contributed by atoms with Crippen molar-refractivity contribution in [1.29, 1.82) is 0 Å². The second-order valence-corrected chi connectivity index (χ2v) is 3.81. The third kappa shape index (κ3) is 2.81. The standard InChI is InChI=1S/C10H13BrO4/c1-12-10-9(15-10)8-3-5-13-7(6-11)2-4-14-8/h2-3,5,8-10H,4,6H2,1H3. The van der Waals surface area contributed by atoms with Crippen LogP contribution in [-0.4, -0.2) is 37.5 Å². The van der Waals surface area contributed by atoms with Gasteiger partial charge in [-0.05, 0) is 12.2 Å². The van der Waals surface area contributed by atoms with E-state index in [9.17, 15) is 0 Å². The van der Waals surface area contributed by atoms with Crippen LogP contribution in [0.5, 0.6) is 0 Å². The van der Waals surface area contributed by atoms with Crippen LogP contribution in [0.2, 0.25) is 0 Å². The Morgan fingerprint density at radius 1 is 1.60 bits per heavy atom. The summed E-state index contributed by atoms with van der Waals surface area (Å²) >= 11 is 3.32. The summed E-state index contributed by atoms with van der Waals surface area (Å²) in [5.41, 5.74) is 0. The number of allylic oxidation sites excluding steroid dienone is 1. The predicted molar refractivity (Wildman–Crippen MR) is 57.5 cm³/mol. The Balaban J connectivity index is 1.88. The molecule has 1 fully saturated rings. The van der Waals surface area contributed by atoms with Gasteiger partial charge in [0.05, 0.1) is 18.2 Å². The minimum Gasteiger partial charge on any atom is -0.469 e. The Hall–Kier alpha value is -0.360. The van der Waals surface area contributed by atoms with Crippen LogP contribution in [0.25, 0.3) is 0 Å². The van der Waals surface area contributed by atoms with E-state index in [0.29, 0.717) is 11.9 Å². The highest BCUT2D eigenvalue weighted by atomic mass is 79.9. The Bertz CT molecular complexity index is 277. The lowest BCUT2D eigenvalue weighted by Gasteiger charge is -2.13. The van der Waals surface area contributed by atoms with Crippen molar-refractivity contribution in [1.82, 2.24) is 0 Å². The molecule has 2 rings (SSSR count). The van der Waals surface area contributed by atoms with Gasteiger partial charge in [-0.1, -0.05) is 15.9 Å². The Morgan fingerprint density at radius 2 is 2.47 bits per heavy atom. The van der Waals surface area contributed by atoms with Crippen LogP contribution in [0.15, 0.2) is 24.2 Å². The number of alkyl halides is 1. The van der Waals surface area contributed by atoms with E-state index in [1.807, 2.05) is 12.2 Å². The minimum absolute atomic E-state index is 0.00577. The number of epoxide rings is 1. The highest BCUT2D eigenvalue weighted by Crippen LogP contribution is 2.29. The van der Waals surface area contributed by atoms with Gasteiger partial charge in [-0.25, -0.2) is 0 Å². The summed E-state index contributed by atoms with van der Waals surface area (Å²) in [7, 11) is 1.62. The van der Waals surface area contributed by atoms with Crippen LogP contribution in [0.1, 0.15) is 0 Å². The van der Waals surface area contributed by atoms with Crippen molar-refractivity contribution in [3.05, 3.63) is 24.2 Å². The van der Waals surface area contributed by atoms with Crippen LogP contribution in [-0.2, 0) is 18.9 Å². The van der Waals surface area contributed by atoms with E-state index >= 15 is 0 Å². The summed E-state index contributed by atoms with van der Waals surface area (Å²) in [6.07, 6.45) is 5.13. The van der Waals surface area contributed by atoms with E-state index in [1.54, 1.807) is 13.4 Å². The topological polar surface area (TPSA) is 40.2 Å². The lowest BCUT2D eigenvalue weighted by Crippen LogP contribution is -2.21. The van der Waals surface area contributed by atoms with Crippen molar-refractivity contribution in [3.63, 3.8) is 0 Å². The second-order valence-electron chi connectivity index (χ2n) is 3.25. The lowest BCUT2D eigenvalue weighted by atomic mass is 10.2. The molecule has 15 heavy (non-hydrogen) atoms. The summed E-state index contributed by atoms with van der Waals surface area (Å²) in [4.78, 5) is 0. The normalized spacial score (nSPS) is 35.1. The van der Waals surface area contributed by atoms with Gasteiger partial charge in [0.2, 0.25) is 0 Å². The van der Waals surface area contributed by atoms with E-state index in [4.69, 9.17) is 18.9 Å². The molecule has 5 heteroatoms. The average molecular weight is 277 g/mol. The molecular formula is C10H13BrO4. The molecule has 3 unspecified atom stereocenters. The molecule has 4 nitrogen and oxygen atoms in total. The van der Waals surface area contributed by atoms with Crippen LogP contribution in [0.4, 0.5) is 0 Å². The van der Waals surface area contributed by atoms with Crippen molar-refractivity contribution in [2.45, 2.75) is 18.5 Å². The number of hydrogen-bond donors (Lipinski definition) is 0. The van der Waals surface area contributed by atoms with Crippen molar-refractivity contribution in [3.8, 4) is 0 Å². The highest BCUT2D eigenvalue weighted by molar-refractivity contribution is 9.09. The summed E-state index contributed by atoms with van der Waals surface area (Å²) in [6, 6.07) is 0. The number of ether oxygens (including phenoxy) is 4. The fourth-order valence-corrected chi connectivity index (χ4v) is 1.74. The van der Waals surface area contributed by atoms with Crippen molar-refractivity contribution < 1.29 is 18.9 Å². The van der Waals surface area contributed by atoms with Crippen molar-refractivity contribution >= 4 is 15.9 Å². The fourth-order valence-electron chi connectivity index (χ4n) is 1.38. The Labute approximate surface area is 97.0 Å². The number of halogens is 1. The monoisotopic (exact) mass is 276 g/mol. The molecule has 2 aliphatic rings. The summed E-state index contributed by atoms with van der Waals surface area (Å²) in [5, 5.41) is 0.686. The third-order valence-electron chi connectivity index (χ3n) is 2.26. The zero-order chi connectivity index (χ0) is 10.7. The van der Waals surface area contributed by atoms with Gasteiger partial charge >= 0.3 is 0 Å². The van der Waals surface area contributed by atoms with E-state index < -0.39 is 0 Å². The second kappa shape index (κ2) is 5.12. The van der Waals surface area contributed by atoms with E-state index in [2.05, 4.69) is 15.9 Å². The van der Waals surface area contributed by atoms with Gasteiger partial charge in [0, 0.05) is 7.11 Å². The van der Waals surface area contributed by atoms with Gasteiger partial charge < -0.3 is 18.9 Å². The molecule has 0 aromatic heterocycles. The van der Waals surface area contributed by atoms with Gasteiger partial charge in [-0.2, -0.15) is 0 Å². The molecule has 0 saturated carbocycles. The predicted octanol–water partition coefficient (Wildman–Crippen LogP) is 1.57. The molecule has 0 aliphatic carbocycles. The van der Waals surface area contributed by atoms with E-state index in [1.165, 1.54) is 0 Å². The highest BCUT2D eigenvalue weighted by Gasteiger charge is 2.45. The molecule has 84 valence electrons. The smallest absolute Gasteiger partial charge is 0.187 e.